The molecule has 2 aromatic rings. The van der Waals surface area contributed by atoms with E-state index in [2.05, 4.69) is 10.2 Å². The van der Waals surface area contributed by atoms with Crippen molar-refractivity contribution in [3.63, 3.8) is 0 Å². The molecule has 7 nitrogen and oxygen atoms in total. The maximum Gasteiger partial charge on any atom is 0.247 e. The van der Waals surface area contributed by atoms with Crippen molar-refractivity contribution in [3.05, 3.63) is 24.1 Å². The van der Waals surface area contributed by atoms with E-state index in [1.165, 1.54) is 4.90 Å². The van der Waals surface area contributed by atoms with Crippen LogP contribution in [0.15, 0.2) is 22.6 Å². The van der Waals surface area contributed by atoms with E-state index in [1.54, 1.807) is 32.2 Å². The number of amides is 1. The van der Waals surface area contributed by atoms with Gasteiger partial charge >= 0.3 is 0 Å². The van der Waals surface area contributed by atoms with Crippen LogP contribution in [-0.2, 0) is 4.79 Å². The van der Waals surface area contributed by atoms with Gasteiger partial charge in [-0.05, 0) is 18.2 Å². The molecule has 1 amide bonds. The Labute approximate surface area is 115 Å². The summed E-state index contributed by atoms with van der Waals surface area (Å²) in [6, 6.07) is 4.69. The summed E-state index contributed by atoms with van der Waals surface area (Å²) in [5.74, 6) is 1.30. The highest BCUT2D eigenvalue weighted by molar-refractivity contribution is 5.99. The number of rotatable bonds is 1. The predicted octanol–water partition coefficient (Wildman–Crippen LogP) is 0.728. The zero-order valence-electron chi connectivity index (χ0n) is 11.2. The summed E-state index contributed by atoms with van der Waals surface area (Å²) in [5.41, 5.74) is 7.10. The van der Waals surface area contributed by atoms with Gasteiger partial charge in [0, 0.05) is 19.5 Å². The first-order valence-corrected chi connectivity index (χ1v) is 6.17. The van der Waals surface area contributed by atoms with E-state index in [9.17, 15) is 4.79 Å². The quantitative estimate of drug-likeness (QED) is 0.823. The van der Waals surface area contributed by atoms with E-state index in [0.717, 1.165) is 5.56 Å². The highest BCUT2D eigenvalue weighted by Gasteiger charge is 2.27. The lowest BCUT2D eigenvalue weighted by Gasteiger charge is -2.17. The van der Waals surface area contributed by atoms with Crippen LogP contribution in [0.4, 0.5) is 5.69 Å². The van der Waals surface area contributed by atoms with E-state index in [4.69, 9.17) is 14.9 Å². The standard InChI is InChI=1S/C13H14N4O3/c1-7-15-16-12(20-7)8-3-4-11-10(5-8)17(2)13(18)9(14)6-19-11/h3-5,9H,6,14H2,1-2H3/t9-/m0/s1. The number of hydrogen-bond acceptors (Lipinski definition) is 6. The number of anilines is 1. The minimum absolute atomic E-state index is 0.162. The van der Waals surface area contributed by atoms with Gasteiger partial charge in [0.1, 0.15) is 18.4 Å². The van der Waals surface area contributed by atoms with Gasteiger partial charge in [0.25, 0.3) is 0 Å². The number of nitrogens with two attached hydrogens (primary N) is 1. The smallest absolute Gasteiger partial charge is 0.247 e. The molecule has 1 aliphatic rings. The molecule has 1 atom stereocenters. The van der Waals surface area contributed by atoms with Crippen LogP contribution in [0, 0.1) is 6.92 Å². The maximum atomic E-state index is 12.0. The Hall–Kier alpha value is -2.41. The van der Waals surface area contributed by atoms with Crippen LogP contribution in [0.3, 0.4) is 0 Å². The number of aromatic nitrogens is 2. The molecule has 1 aliphatic heterocycles. The highest BCUT2D eigenvalue weighted by atomic mass is 16.5. The molecule has 2 heterocycles. The van der Waals surface area contributed by atoms with Crippen LogP contribution in [0.25, 0.3) is 11.5 Å². The summed E-state index contributed by atoms with van der Waals surface area (Å²) in [4.78, 5) is 13.5. The van der Waals surface area contributed by atoms with E-state index >= 15 is 0 Å². The molecule has 0 saturated heterocycles. The Bertz CT molecular complexity index is 667. The number of carbonyl (C=O) groups is 1. The summed E-state index contributed by atoms with van der Waals surface area (Å²) in [5, 5.41) is 7.75. The highest BCUT2D eigenvalue weighted by Crippen LogP contribution is 2.34. The third kappa shape index (κ3) is 2.01. The van der Waals surface area contributed by atoms with Crippen molar-refractivity contribution < 1.29 is 13.9 Å². The van der Waals surface area contributed by atoms with Crippen LogP contribution >= 0.6 is 0 Å². The third-order valence-corrected chi connectivity index (χ3v) is 3.16. The largest absolute Gasteiger partial charge is 0.489 e. The Morgan fingerprint density at radius 1 is 1.40 bits per heavy atom. The van der Waals surface area contributed by atoms with Gasteiger partial charge < -0.3 is 19.8 Å². The van der Waals surface area contributed by atoms with Crippen LogP contribution in [0.5, 0.6) is 5.75 Å². The molecule has 0 unspecified atom stereocenters. The molecule has 2 N–H and O–H groups in total. The average molecular weight is 274 g/mol. The molecule has 0 spiro atoms. The van der Waals surface area contributed by atoms with E-state index in [0.29, 0.717) is 23.2 Å². The van der Waals surface area contributed by atoms with Crippen LogP contribution in [-0.4, -0.2) is 35.8 Å². The number of fused-ring (bicyclic) bond motifs is 1. The molecule has 0 bridgehead atoms. The van der Waals surface area contributed by atoms with E-state index < -0.39 is 6.04 Å². The fourth-order valence-electron chi connectivity index (χ4n) is 2.07. The van der Waals surface area contributed by atoms with Gasteiger partial charge in [0.15, 0.2) is 0 Å². The number of likely N-dealkylation sites (N-methyl/N-ethyl adjacent to an activating group) is 1. The summed E-state index contributed by atoms with van der Waals surface area (Å²) in [7, 11) is 1.67. The van der Waals surface area contributed by atoms with Crippen molar-refractivity contribution in [2.75, 3.05) is 18.6 Å². The second-order valence-corrected chi connectivity index (χ2v) is 4.62. The first kappa shape index (κ1) is 12.6. The number of ether oxygens (including phenoxy) is 1. The zero-order chi connectivity index (χ0) is 14.3. The molecule has 0 fully saturated rings. The molecule has 7 heteroatoms. The van der Waals surface area contributed by atoms with Crippen LogP contribution < -0.4 is 15.4 Å². The lowest BCUT2D eigenvalue weighted by Crippen LogP contribution is -2.43. The molecule has 1 aromatic carbocycles. The third-order valence-electron chi connectivity index (χ3n) is 3.16. The van der Waals surface area contributed by atoms with Crippen molar-refractivity contribution in [1.29, 1.82) is 0 Å². The Balaban J connectivity index is 2.06. The minimum Gasteiger partial charge on any atom is -0.489 e. The zero-order valence-corrected chi connectivity index (χ0v) is 11.2. The second-order valence-electron chi connectivity index (χ2n) is 4.62. The molecule has 104 valence electrons. The minimum atomic E-state index is -0.665. The summed E-state index contributed by atoms with van der Waals surface area (Å²) >= 11 is 0. The SMILES string of the molecule is Cc1nnc(-c2ccc3c(c2)N(C)C(=O)[C@@H](N)CO3)o1. The Kier molecular flexibility index (Phi) is 2.90. The number of aryl methyl sites for hydroxylation is 1. The van der Waals surface area contributed by atoms with Gasteiger partial charge in [-0.25, -0.2) is 0 Å². The van der Waals surface area contributed by atoms with Crippen molar-refractivity contribution in [3.8, 4) is 17.2 Å². The molecular weight excluding hydrogens is 260 g/mol. The van der Waals surface area contributed by atoms with Crippen molar-refractivity contribution in [2.24, 2.45) is 5.73 Å². The second kappa shape index (κ2) is 4.61. The first-order chi connectivity index (χ1) is 9.56. The van der Waals surface area contributed by atoms with Gasteiger partial charge in [-0.1, -0.05) is 0 Å². The Morgan fingerprint density at radius 3 is 2.90 bits per heavy atom. The molecule has 0 radical (unpaired) electrons. The fourth-order valence-corrected chi connectivity index (χ4v) is 2.07. The van der Waals surface area contributed by atoms with Gasteiger partial charge in [-0.15, -0.1) is 10.2 Å². The molecule has 0 saturated carbocycles. The van der Waals surface area contributed by atoms with Gasteiger partial charge in [-0.2, -0.15) is 0 Å². The van der Waals surface area contributed by atoms with Gasteiger partial charge in [-0.3, -0.25) is 4.79 Å². The van der Waals surface area contributed by atoms with Crippen LogP contribution in [0.2, 0.25) is 0 Å². The maximum absolute atomic E-state index is 12.0. The number of nitrogens with zero attached hydrogens (tertiary/aromatic N) is 3. The van der Waals surface area contributed by atoms with Gasteiger partial charge in [0.05, 0.1) is 5.69 Å². The van der Waals surface area contributed by atoms with Gasteiger partial charge in [0.2, 0.25) is 17.7 Å². The number of hydrogen-bond donors (Lipinski definition) is 1. The topological polar surface area (TPSA) is 94.5 Å². The summed E-state index contributed by atoms with van der Waals surface area (Å²) in [6.07, 6.45) is 0. The Morgan fingerprint density at radius 2 is 2.20 bits per heavy atom. The van der Waals surface area contributed by atoms with E-state index in [1.807, 2.05) is 0 Å². The molecule has 3 rings (SSSR count). The molecule has 0 aliphatic carbocycles. The summed E-state index contributed by atoms with van der Waals surface area (Å²) in [6.45, 7) is 1.88. The molecule has 1 aromatic heterocycles. The van der Waals surface area contributed by atoms with Crippen LogP contribution in [0.1, 0.15) is 5.89 Å². The number of carbonyl (C=O) groups excluding carboxylic acids is 1. The lowest BCUT2D eigenvalue weighted by atomic mass is 10.1. The summed E-state index contributed by atoms with van der Waals surface area (Å²) < 4.78 is 10.9. The first-order valence-electron chi connectivity index (χ1n) is 6.17. The van der Waals surface area contributed by atoms with Crippen molar-refractivity contribution >= 4 is 11.6 Å². The molecule has 20 heavy (non-hydrogen) atoms. The van der Waals surface area contributed by atoms with Crippen molar-refractivity contribution in [1.82, 2.24) is 10.2 Å². The normalized spacial score (nSPS) is 18.4. The number of benzene rings is 1. The predicted molar refractivity (Wildman–Crippen MR) is 71.4 cm³/mol. The average Bonchev–Trinajstić information content (AvgIpc) is 2.85. The molecular formula is C13H14N4O3. The lowest BCUT2D eigenvalue weighted by molar-refractivity contribution is -0.119. The monoisotopic (exact) mass is 274 g/mol. The van der Waals surface area contributed by atoms with E-state index in [-0.39, 0.29) is 12.5 Å². The van der Waals surface area contributed by atoms with Crippen molar-refractivity contribution in [2.45, 2.75) is 13.0 Å². The fraction of sp³-hybridized carbons (Fsp3) is 0.308.